The van der Waals surface area contributed by atoms with Crippen LogP contribution in [0.15, 0.2) is 60.8 Å². The molecule has 0 rings (SSSR count). The van der Waals surface area contributed by atoms with E-state index in [-0.39, 0.29) is 25.9 Å². The molecule has 0 radical (unpaired) electrons. The number of rotatable bonds is 39. The van der Waals surface area contributed by atoms with E-state index >= 15 is 0 Å². The molecular formula is C45H79O10P. The van der Waals surface area contributed by atoms with E-state index in [1.54, 1.807) is 36.5 Å². The van der Waals surface area contributed by atoms with Crippen molar-refractivity contribution < 1.29 is 48.2 Å². The van der Waals surface area contributed by atoms with Crippen molar-refractivity contribution in [2.24, 2.45) is 0 Å². The number of aliphatic hydroxyl groups is 2. The maximum Gasteiger partial charge on any atom is 0.469 e. The molecule has 0 aliphatic heterocycles. The van der Waals surface area contributed by atoms with Gasteiger partial charge in [-0.2, -0.15) is 0 Å². The van der Waals surface area contributed by atoms with E-state index in [0.29, 0.717) is 19.3 Å². The molecule has 0 unspecified atom stereocenters. The topological polar surface area (TPSA) is 160 Å². The first-order valence-electron chi connectivity index (χ1n) is 21.8. The van der Waals surface area contributed by atoms with Crippen molar-refractivity contribution in [3.05, 3.63) is 60.8 Å². The summed E-state index contributed by atoms with van der Waals surface area (Å²) in [5.74, 6) is -1.13. The zero-order valence-electron chi connectivity index (χ0n) is 35.0. The Morgan fingerprint density at radius 3 is 1.59 bits per heavy atom. The highest BCUT2D eigenvalue weighted by Crippen LogP contribution is 2.36. The molecular weight excluding hydrogens is 731 g/mol. The maximum atomic E-state index is 12.4. The third-order valence-electron chi connectivity index (χ3n) is 9.20. The van der Waals surface area contributed by atoms with Gasteiger partial charge in [0.2, 0.25) is 0 Å². The summed E-state index contributed by atoms with van der Waals surface area (Å²) in [5.41, 5.74) is 0. The van der Waals surface area contributed by atoms with Crippen molar-refractivity contribution in [3.8, 4) is 0 Å². The number of carbonyl (C=O) groups excluding carboxylic acids is 2. The lowest BCUT2D eigenvalue weighted by Gasteiger charge is -2.18. The van der Waals surface area contributed by atoms with Crippen LogP contribution >= 0.6 is 7.82 Å². The van der Waals surface area contributed by atoms with Gasteiger partial charge in [0.05, 0.1) is 18.8 Å². The summed E-state index contributed by atoms with van der Waals surface area (Å²) < 4.78 is 26.2. The van der Waals surface area contributed by atoms with Gasteiger partial charge in [-0.25, -0.2) is 4.57 Å². The summed E-state index contributed by atoms with van der Waals surface area (Å²) in [7, 11) is -4.83. The van der Waals surface area contributed by atoms with Gasteiger partial charge in [0, 0.05) is 12.8 Å². The molecule has 0 aliphatic rings. The monoisotopic (exact) mass is 811 g/mol. The van der Waals surface area contributed by atoms with Gasteiger partial charge < -0.3 is 29.5 Å². The smallest absolute Gasteiger partial charge is 0.462 e. The zero-order chi connectivity index (χ0) is 41.4. The molecule has 324 valence electrons. The third-order valence-corrected chi connectivity index (χ3v) is 9.68. The molecule has 0 aliphatic carbocycles. The third kappa shape index (κ3) is 41.3. The number of phosphoric ester groups is 1. The summed E-state index contributed by atoms with van der Waals surface area (Å²) in [6.45, 7) is 3.42. The van der Waals surface area contributed by atoms with Crippen LogP contribution in [-0.4, -0.2) is 63.5 Å². The number of aliphatic hydroxyl groups excluding tert-OH is 2. The predicted octanol–water partition coefficient (Wildman–Crippen LogP) is 11.2. The quantitative estimate of drug-likeness (QED) is 0.0155. The molecule has 56 heavy (non-hydrogen) atoms. The lowest BCUT2D eigenvalue weighted by Crippen LogP contribution is -2.29. The Hall–Kier alpha value is -2.33. The molecule has 3 atom stereocenters. The number of ether oxygens (including phenoxy) is 2. The number of carbonyl (C=O) groups is 2. The molecule has 4 N–H and O–H groups in total. The SMILES string of the molecule is CCCCC/C=C\C[C@H](O)/C=C/C=C/C=C\[C@H](O)CCCC(=O)O[C@H](COC(=O)CCCCCCCCCCC/C=C\CCCCCCCC)COP(=O)(O)O. The molecule has 10 nitrogen and oxygen atoms in total. The first-order valence-corrected chi connectivity index (χ1v) is 23.3. The molecule has 0 saturated carbocycles. The van der Waals surface area contributed by atoms with Gasteiger partial charge in [0.1, 0.15) is 6.61 Å². The van der Waals surface area contributed by atoms with Gasteiger partial charge in [-0.05, 0) is 64.2 Å². The minimum absolute atomic E-state index is 0.0501. The van der Waals surface area contributed by atoms with Gasteiger partial charge in [0.25, 0.3) is 0 Å². The zero-order valence-corrected chi connectivity index (χ0v) is 35.9. The minimum atomic E-state index is -4.83. The van der Waals surface area contributed by atoms with Crippen LogP contribution in [0.1, 0.15) is 181 Å². The Bertz CT molecular complexity index is 1130. The predicted molar refractivity (Wildman–Crippen MR) is 228 cm³/mol. The van der Waals surface area contributed by atoms with E-state index < -0.39 is 44.7 Å². The van der Waals surface area contributed by atoms with Crippen LogP contribution in [0.3, 0.4) is 0 Å². The van der Waals surface area contributed by atoms with Crippen LogP contribution in [0.5, 0.6) is 0 Å². The maximum absolute atomic E-state index is 12.4. The fourth-order valence-electron chi connectivity index (χ4n) is 5.86. The summed E-state index contributed by atoms with van der Waals surface area (Å²) >= 11 is 0. The summed E-state index contributed by atoms with van der Waals surface area (Å²) in [6.07, 6.45) is 42.8. The second-order valence-corrected chi connectivity index (χ2v) is 16.0. The Kier molecular flexibility index (Phi) is 37.9. The Balaban J connectivity index is 4.15. The van der Waals surface area contributed by atoms with Crippen LogP contribution in [0.4, 0.5) is 0 Å². The molecule has 0 saturated heterocycles. The van der Waals surface area contributed by atoms with E-state index in [9.17, 15) is 24.4 Å². The number of phosphoric acid groups is 1. The molecule has 0 fully saturated rings. The molecule has 0 bridgehead atoms. The molecule has 0 spiro atoms. The summed E-state index contributed by atoms with van der Waals surface area (Å²) in [5, 5.41) is 20.2. The van der Waals surface area contributed by atoms with Crippen molar-refractivity contribution in [2.75, 3.05) is 13.2 Å². The Morgan fingerprint density at radius 2 is 1.02 bits per heavy atom. The molecule has 0 heterocycles. The standard InChI is InChI=1S/C45H79O10P/c1-3-5-7-9-11-12-13-14-15-16-17-18-19-20-21-22-23-25-31-37-44(48)53-39-43(40-54-56(50,51)52)55-45(49)38-32-36-42(47)35-30-27-26-29-34-41(46)33-28-24-10-8-6-4-2/h14-15,24,26-30,34-35,41-43,46-47H,3-13,16-23,25,31-33,36-40H2,1-2H3,(H2,50,51,52)/b15-14-,27-26+,28-24-,34-29+,35-30-/t41-,42-,43+/m0/s1. The fourth-order valence-corrected chi connectivity index (χ4v) is 6.22. The van der Waals surface area contributed by atoms with Gasteiger partial charge in [-0.1, -0.05) is 164 Å². The molecule has 0 amide bonds. The minimum Gasteiger partial charge on any atom is -0.462 e. The molecule has 0 aromatic carbocycles. The lowest BCUT2D eigenvalue weighted by atomic mass is 10.1. The molecule has 0 aromatic rings. The van der Waals surface area contributed by atoms with Crippen LogP contribution in [0, 0.1) is 0 Å². The van der Waals surface area contributed by atoms with E-state index in [2.05, 4.69) is 36.6 Å². The lowest BCUT2D eigenvalue weighted by molar-refractivity contribution is -0.161. The normalized spacial score (nSPS) is 14.2. The van der Waals surface area contributed by atoms with E-state index in [0.717, 1.165) is 25.7 Å². The second kappa shape index (κ2) is 39.5. The van der Waals surface area contributed by atoms with Crippen LogP contribution < -0.4 is 0 Å². The van der Waals surface area contributed by atoms with E-state index in [4.69, 9.17) is 19.3 Å². The Labute approximate surface area is 340 Å². The van der Waals surface area contributed by atoms with Crippen molar-refractivity contribution in [1.82, 2.24) is 0 Å². The largest absolute Gasteiger partial charge is 0.469 e. The number of esters is 2. The van der Waals surface area contributed by atoms with E-state index in [1.165, 1.54) is 103 Å². The van der Waals surface area contributed by atoms with Crippen molar-refractivity contribution in [3.63, 3.8) is 0 Å². The second-order valence-electron chi connectivity index (χ2n) is 14.7. The average molecular weight is 811 g/mol. The first kappa shape index (κ1) is 53.7. The van der Waals surface area contributed by atoms with Gasteiger partial charge >= 0.3 is 19.8 Å². The van der Waals surface area contributed by atoms with Crippen molar-refractivity contribution in [2.45, 2.75) is 199 Å². The number of allylic oxidation sites excluding steroid dienone is 7. The summed E-state index contributed by atoms with van der Waals surface area (Å²) in [4.78, 5) is 42.9. The van der Waals surface area contributed by atoms with Gasteiger partial charge in [0.15, 0.2) is 6.10 Å². The highest BCUT2D eigenvalue weighted by molar-refractivity contribution is 7.46. The highest BCUT2D eigenvalue weighted by Gasteiger charge is 2.23. The van der Waals surface area contributed by atoms with Gasteiger partial charge in [-0.3, -0.25) is 14.1 Å². The summed E-state index contributed by atoms with van der Waals surface area (Å²) in [6, 6.07) is 0. The van der Waals surface area contributed by atoms with Crippen LogP contribution in [0.25, 0.3) is 0 Å². The van der Waals surface area contributed by atoms with Crippen LogP contribution in [0.2, 0.25) is 0 Å². The number of hydrogen-bond donors (Lipinski definition) is 4. The van der Waals surface area contributed by atoms with E-state index in [1.807, 2.05) is 6.08 Å². The molecule has 0 aromatic heterocycles. The average Bonchev–Trinajstić information content (AvgIpc) is 3.16. The molecule has 11 heteroatoms. The highest BCUT2D eigenvalue weighted by atomic mass is 31.2. The fraction of sp³-hybridized carbons (Fsp3) is 0.733. The van der Waals surface area contributed by atoms with Gasteiger partial charge in [-0.15, -0.1) is 0 Å². The Morgan fingerprint density at radius 1 is 0.554 bits per heavy atom. The number of hydrogen-bond acceptors (Lipinski definition) is 8. The van der Waals surface area contributed by atoms with Crippen LogP contribution in [-0.2, 0) is 28.2 Å². The first-order chi connectivity index (χ1) is 27.1. The van der Waals surface area contributed by atoms with Crippen molar-refractivity contribution >= 4 is 19.8 Å². The number of unbranched alkanes of at least 4 members (excludes halogenated alkanes) is 18. The van der Waals surface area contributed by atoms with Crippen molar-refractivity contribution in [1.29, 1.82) is 0 Å².